The molecular weight excluding hydrogens is 558 g/mol. The molecule has 0 amide bonds. The third-order valence-electron chi connectivity index (χ3n) is 11.8. The molecule has 1 aromatic rings. The van der Waals surface area contributed by atoms with Gasteiger partial charge in [0.2, 0.25) is 5.43 Å². The normalized spacial score (nSPS) is 39.7. The number of carbonyl (C=O) groups is 2. The van der Waals surface area contributed by atoms with E-state index >= 15 is 0 Å². The number of ether oxygens (including phenoxy) is 1. The van der Waals surface area contributed by atoms with E-state index in [0.29, 0.717) is 28.7 Å². The maximum Gasteiger partial charge on any atom is 0.316 e. The van der Waals surface area contributed by atoms with Crippen molar-refractivity contribution in [2.75, 3.05) is 30.0 Å². The van der Waals surface area contributed by atoms with Crippen molar-refractivity contribution in [1.29, 1.82) is 0 Å². The van der Waals surface area contributed by atoms with E-state index in [1.807, 2.05) is 23.6 Å². The minimum Gasteiger partial charge on any atom is -0.461 e. The van der Waals surface area contributed by atoms with Gasteiger partial charge in [0, 0.05) is 41.5 Å². The van der Waals surface area contributed by atoms with E-state index in [9.17, 15) is 24.3 Å². The average molecular weight is 604 g/mol. The fourth-order valence-corrected chi connectivity index (χ4v) is 10.5. The molecule has 226 valence electrons. The van der Waals surface area contributed by atoms with Crippen LogP contribution < -0.4 is 15.8 Å². The van der Waals surface area contributed by atoms with Gasteiger partial charge in [0.1, 0.15) is 17.6 Å². The molecular formula is C32H45NO6S2. The minimum absolute atomic E-state index is 0.0884. The van der Waals surface area contributed by atoms with E-state index in [0.717, 1.165) is 57.0 Å². The molecule has 2 bridgehead atoms. The molecule has 3 aliphatic carbocycles. The van der Waals surface area contributed by atoms with Crippen LogP contribution in [0.2, 0.25) is 0 Å². The molecule has 8 atom stereocenters. The van der Waals surface area contributed by atoms with Crippen LogP contribution in [-0.2, 0) is 14.3 Å². The maximum atomic E-state index is 13.6. The molecule has 4 fully saturated rings. The number of ketones is 1. The van der Waals surface area contributed by atoms with Gasteiger partial charge in [0.25, 0.3) is 5.43 Å². The van der Waals surface area contributed by atoms with E-state index in [-0.39, 0.29) is 34.7 Å². The molecule has 41 heavy (non-hydrogen) atoms. The van der Waals surface area contributed by atoms with E-state index in [2.05, 4.69) is 33.6 Å². The van der Waals surface area contributed by atoms with Crippen molar-refractivity contribution in [2.45, 2.75) is 95.0 Å². The summed E-state index contributed by atoms with van der Waals surface area (Å²) in [6, 6.07) is 0. The zero-order valence-electron chi connectivity index (χ0n) is 25.1. The number of aliphatic hydroxyl groups excluding tert-OH is 1. The van der Waals surface area contributed by atoms with Crippen molar-refractivity contribution >= 4 is 41.0 Å². The summed E-state index contributed by atoms with van der Waals surface area (Å²) in [5.74, 6) is -0.566. The topological polar surface area (TPSA) is 101 Å². The summed E-state index contributed by atoms with van der Waals surface area (Å²) in [6.07, 6.45) is 7.88. The van der Waals surface area contributed by atoms with E-state index < -0.39 is 39.9 Å². The third kappa shape index (κ3) is 4.76. The standard InChI is InChI=1S/C32H45NO6S2/c1-7-30(4)16-22(31(5)18(2)8-12-32(19(3)29(30)38)13-9-21(34)28(31)32)39-23(35)17-41-27-24(25(36)26(27)37)33-14-10-20(40-6)11-15-33/h7,18-20,22,28-29,38H,1,8-17H2,2-6H3/t18-,19+,22-,28+,29+,30-,31+,32+/m1/s1. The largest absolute Gasteiger partial charge is 0.461 e. The van der Waals surface area contributed by atoms with Gasteiger partial charge < -0.3 is 14.7 Å². The summed E-state index contributed by atoms with van der Waals surface area (Å²) in [5, 5.41) is 12.2. The van der Waals surface area contributed by atoms with Crippen LogP contribution in [0.25, 0.3) is 0 Å². The number of esters is 1. The van der Waals surface area contributed by atoms with Crippen LogP contribution in [-0.4, -0.2) is 59.4 Å². The van der Waals surface area contributed by atoms with Gasteiger partial charge in [-0.3, -0.25) is 19.2 Å². The van der Waals surface area contributed by atoms with Gasteiger partial charge in [-0.05, 0) is 62.0 Å². The van der Waals surface area contributed by atoms with Crippen molar-refractivity contribution in [3.05, 3.63) is 33.1 Å². The second-order valence-corrected chi connectivity index (χ2v) is 15.7. The molecule has 4 aliphatic rings. The molecule has 1 saturated heterocycles. The monoisotopic (exact) mass is 603 g/mol. The first kappa shape index (κ1) is 30.9. The smallest absolute Gasteiger partial charge is 0.316 e. The summed E-state index contributed by atoms with van der Waals surface area (Å²) in [6.45, 7) is 13.9. The van der Waals surface area contributed by atoms with Gasteiger partial charge in [-0.1, -0.05) is 33.8 Å². The van der Waals surface area contributed by atoms with Crippen LogP contribution in [0, 0.1) is 34.0 Å². The number of Topliss-reactive ketones (excluding diaryl/α,β-unsaturated/α-hetero) is 1. The first-order chi connectivity index (χ1) is 19.3. The highest BCUT2D eigenvalue weighted by molar-refractivity contribution is 8.00. The highest BCUT2D eigenvalue weighted by atomic mass is 32.2. The number of nitrogens with zero attached hydrogens (tertiary/aromatic N) is 1. The Kier molecular flexibility index (Phi) is 8.40. The summed E-state index contributed by atoms with van der Waals surface area (Å²) >= 11 is 2.92. The summed E-state index contributed by atoms with van der Waals surface area (Å²) in [5.41, 5.74) is -2.16. The van der Waals surface area contributed by atoms with Gasteiger partial charge >= 0.3 is 5.97 Å². The lowest BCUT2D eigenvalue weighted by Crippen LogP contribution is -2.63. The Labute approximate surface area is 251 Å². The number of piperidine rings is 1. The van der Waals surface area contributed by atoms with Gasteiger partial charge in [-0.25, -0.2) is 0 Å². The van der Waals surface area contributed by atoms with Crippen LogP contribution in [0.5, 0.6) is 0 Å². The summed E-state index contributed by atoms with van der Waals surface area (Å²) in [4.78, 5) is 54.4. The molecule has 1 heterocycles. The van der Waals surface area contributed by atoms with E-state index in [1.165, 1.54) is 0 Å². The van der Waals surface area contributed by atoms with Crippen molar-refractivity contribution in [3.63, 3.8) is 0 Å². The van der Waals surface area contributed by atoms with Gasteiger partial charge in [0.05, 0.1) is 16.8 Å². The van der Waals surface area contributed by atoms with Gasteiger partial charge in [0.15, 0.2) is 0 Å². The Bertz CT molecular complexity index is 1280. The predicted octanol–water partition coefficient (Wildman–Crippen LogP) is 4.61. The molecule has 9 heteroatoms. The third-order valence-corrected chi connectivity index (χ3v) is 14.0. The Morgan fingerprint density at radius 2 is 1.80 bits per heavy atom. The fraction of sp³-hybridized carbons (Fsp3) is 0.750. The Balaban J connectivity index is 1.39. The molecule has 7 nitrogen and oxygen atoms in total. The van der Waals surface area contributed by atoms with Crippen LogP contribution in [0.3, 0.4) is 0 Å². The van der Waals surface area contributed by atoms with Crippen molar-refractivity contribution in [2.24, 2.45) is 34.0 Å². The van der Waals surface area contributed by atoms with E-state index in [1.54, 1.807) is 6.08 Å². The number of carbonyl (C=O) groups excluding carboxylic acids is 2. The molecule has 5 rings (SSSR count). The lowest BCUT2D eigenvalue weighted by molar-refractivity contribution is -0.205. The van der Waals surface area contributed by atoms with Crippen LogP contribution in [0.1, 0.15) is 72.6 Å². The van der Waals surface area contributed by atoms with Crippen molar-refractivity contribution < 1.29 is 19.4 Å². The maximum absolute atomic E-state index is 13.6. The highest BCUT2D eigenvalue weighted by Gasteiger charge is 2.68. The summed E-state index contributed by atoms with van der Waals surface area (Å²) < 4.78 is 6.30. The Morgan fingerprint density at radius 1 is 1.12 bits per heavy atom. The quantitative estimate of drug-likeness (QED) is 0.207. The second-order valence-electron chi connectivity index (χ2n) is 13.6. The number of thioether (sulfide) groups is 2. The zero-order valence-corrected chi connectivity index (χ0v) is 26.7. The van der Waals surface area contributed by atoms with Gasteiger partial charge in [-0.15, -0.1) is 18.3 Å². The Hall–Kier alpha value is -1.58. The Morgan fingerprint density at radius 3 is 2.44 bits per heavy atom. The SMILES string of the molecule is C=C[C@]1(C)C[C@@H](OC(=O)CSc2c(N3CCC(SC)CC3)c(=O)c2=O)[C@]2(C)[C@H](C)CC[C@]3(CCC(=O)[C@H]32)[C@@H](C)[C@@H]1O. The van der Waals surface area contributed by atoms with Crippen molar-refractivity contribution in [3.8, 4) is 0 Å². The lowest BCUT2D eigenvalue weighted by atomic mass is 9.44. The number of hydrogen-bond acceptors (Lipinski definition) is 9. The van der Waals surface area contributed by atoms with Crippen molar-refractivity contribution in [1.82, 2.24) is 0 Å². The number of aliphatic hydroxyl groups is 1. The molecule has 0 radical (unpaired) electrons. The molecule has 0 spiro atoms. The minimum atomic E-state index is -0.719. The van der Waals surface area contributed by atoms with E-state index in [4.69, 9.17) is 4.74 Å². The lowest BCUT2D eigenvalue weighted by Gasteiger charge is -2.61. The van der Waals surface area contributed by atoms with Gasteiger partial charge in [-0.2, -0.15) is 11.8 Å². The number of hydrogen-bond donors (Lipinski definition) is 1. The average Bonchev–Trinajstić information content (AvgIpc) is 3.33. The van der Waals surface area contributed by atoms with Crippen LogP contribution in [0.15, 0.2) is 27.1 Å². The molecule has 3 saturated carbocycles. The van der Waals surface area contributed by atoms with Crippen LogP contribution >= 0.6 is 23.5 Å². The number of rotatable bonds is 7. The highest BCUT2D eigenvalue weighted by Crippen LogP contribution is 2.68. The second kappa shape index (κ2) is 11.2. The molecule has 1 aromatic carbocycles. The first-order valence-corrected chi connectivity index (χ1v) is 17.4. The molecule has 0 unspecified atom stereocenters. The zero-order chi connectivity index (χ0) is 29.9. The first-order valence-electron chi connectivity index (χ1n) is 15.1. The molecule has 0 aromatic heterocycles. The van der Waals surface area contributed by atoms with Crippen LogP contribution in [0.4, 0.5) is 5.69 Å². The molecule has 1 N–H and O–H groups in total. The molecule has 1 aliphatic heterocycles. The summed E-state index contributed by atoms with van der Waals surface area (Å²) in [7, 11) is 0. The number of anilines is 1. The predicted molar refractivity (Wildman–Crippen MR) is 165 cm³/mol. The fourth-order valence-electron chi connectivity index (χ4n) is 8.92.